The smallest absolute Gasteiger partial charge is 0.416 e. The number of esters is 1. The Morgan fingerprint density at radius 3 is 2.54 bits per heavy atom. The van der Waals surface area contributed by atoms with E-state index in [1.807, 2.05) is 0 Å². The molecule has 1 saturated heterocycles. The molecule has 2 fully saturated rings. The van der Waals surface area contributed by atoms with Gasteiger partial charge in [0, 0.05) is 13.0 Å². The van der Waals surface area contributed by atoms with Crippen molar-refractivity contribution in [1.29, 1.82) is 0 Å². The number of aromatic nitrogens is 4. The standard InChI is InChI=1S/C22H30ClN5O7/c1-11(29)33-10-14-15(30)16(31)19(34-14)28-18-13(9-24-28)17(25-20(23)26-18)27(12-7-5-6-8-12)21(32)35-22(2,3)4/h9,12,14-16,19,30-31H,5-8,10H2,1-4H3/t14-,15+,16-,19-/m1/s1. The van der Waals surface area contributed by atoms with Gasteiger partial charge >= 0.3 is 12.1 Å². The average Bonchev–Trinajstić information content (AvgIpc) is 3.47. The van der Waals surface area contributed by atoms with Crippen molar-refractivity contribution in [2.45, 2.75) is 89.6 Å². The molecule has 1 saturated carbocycles. The number of carbonyl (C=O) groups excluding carboxylic acids is 2. The van der Waals surface area contributed by atoms with E-state index in [0.717, 1.165) is 25.7 Å². The molecule has 4 atom stereocenters. The number of hydrogen-bond acceptors (Lipinski definition) is 10. The third-order valence-corrected chi connectivity index (χ3v) is 6.11. The van der Waals surface area contributed by atoms with Gasteiger partial charge in [-0.2, -0.15) is 15.1 Å². The molecule has 1 aliphatic carbocycles. The molecule has 0 bridgehead atoms. The fourth-order valence-corrected chi connectivity index (χ4v) is 4.57. The molecule has 2 aromatic heterocycles. The molecule has 2 aliphatic rings. The van der Waals surface area contributed by atoms with Crippen LogP contribution in [0, 0.1) is 0 Å². The van der Waals surface area contributed by atoms with Gasteiger partial charge in [-0.1, -0.05) is 12.8 Å². The second-order valence-corrected chi connectivity index (χ2v) is 10.1. The van der Waals surface area contributed by atoms with E-state index < -0.39 is 42.2 Å². The summed E-state index contributed by atoms with van der Waals surface area (Å²) in [6.07, 6.45) is -0.411. The third kappa shape index (κ3) is 5.35. The first-order valence-corrected chi connectivity index (χ1v) is 11.9. The average molecular weight is 512 g/mol. The molecule has 0 radical (unpaired) electrons. The summed E-state index contributed by atoms with van der Waals surface area (Å²) in [4.78, 5) is 34.5. The summed E-state index contributed by atoms with van der Waals surface area (Å²) in [5.41, 5.74) is -0.515. The second-order valence-electron chi connectivity index (χ2n) is 9.78. The van der Waals surface area contributed by atoms with Crippen molar-refractivity contribution in [2.75, 3.05) is 11.5 Å². The van der Waals surface area contributed by atoms with Crippen molar-refractivity contribution in [1.82, 2.24) is 19.7 Å². The lowest BCUT2D eigenvalue weighted by molar-refractivity contribution is -0.147. The van der Waals surface area contributed by atoms with Gasteiger partial charge in [-0.25, -0.2) is 9.48 Å². The quantitative estimate of drug-likeness (QED) is 0.452. The van der Waals surface area contributed by atoms with Crippen molar-refractivity contribution in [3.63, 3.8) is 0 Å². The van der Waals surface area contributed by atoms with Crippen LogP contribution < -0.4 is 4.90 Å². The molecule has 2 N–H and O–H groups in total. The predicted octanol–water partition coefficient (Wildman–Crippen LogP) is 2.35. The maximum Gasteiger partial charge on any atom is 0.416 e. The number of nitrogens with zero attached hydrogens (tertiary/aromatic N) is 5. The maximum atomic E-state index is 13.3. The van der Waals surface area contributed by atoms with Gasteiger partial charge in [-0.3, -0.25) is 9.69 Å². The largest absolute Gasteiger partial charge is 0.463 e. The van der Waals surface area contributed by atoms with Gasteiger partial charge in [0.05, 0.1) is 11.6 Å². The van der Waals surface area contributed by atoms with E-state index in [0.29, 0.717) is 5.39 Å². The van der Waals surface area contributed by atoms with Crippen LogP contribution in [0.2, 0.25) is 5.28 Å². The van der Waals surface area contributed by atoms with Crippen LogP contribution in [0.1, 0.15) is 59.6 Å². The Morgan fingerprint density at radius 2 is 1.91 bits per heavy atom. The number of ether oxygens (including phenoxy) is 3. The van der Waals surface area contributed by atoms with Gasteiger partial charge in [0.2, 0.25) is 5.28 Å². The first kappa shape index (κ1) is 25.5. The lowest BCUT2D eigenvalue weighted by atomic mass is 10.1. The van der Waals surface area contributed by atoms with Crippen LogP contribution in [-0.4, -0.2) is 78.6 Å². The van der Waals surface area contributed by atoms with Crippen molar-refractivity contribution in [3.8, 4) is 0 Å². The summed E-state index contributed by atoms with van der Waals surface area (Å²) in [5, 5.41) is 25.6. The molecule has 1 aliphatic heterocycles. The molecule has 0 spiro atoms. The highest BCUT2D eigenvalue weighted by Crippen LogP contribution is 2.36. The first-order valence-electron chi connectivity index (χ1n) is 11.5. The first-order chi connectivity index (χ1) is 16.5. The minimum Gasteiger partial charge on any atom is -0.463 e. The molecule has 4 rings (SSSR count). The topological polar surface area (TPSA) is 149 Å². The molecule has 13 heteroatoms. The summed E-state index contributed by atoms with van der Waals surface area (Å²) in [5.74, 6) is -0.293. The van der Waals surface area contributed by atoms with Crippen molar-refractivity contribution in [3.05, 3.63) is 11.5 Å². The Labute approximate surface area is 207 Å². The minimum absolute atomic E-state index is 0.134. The molecule has 1 amide bonds. The number of halogens is 1. The predicted molar refractivity (Wildman–Crippen MR) is 124 cm³/mol. The summed E-state index contributed by atoms with van der Waals surface area (Å²) in [6, 6.07) is -0.134. The van der Waals surface area contributed by atoms with E-state index in [9.17, 15) is 19.8 Å². The Morgan fingerprint density at radius 1 is 1.23 bits per heavy atom. The molecule has 3 heterocycles. The van der Waals surface area contributed by atoms with Gasteiger partial charge in [-0.05, 0) is 45.2 Å². The van der Waals surface area contributed by atoms with E-state index in [1.54, 1.807) is 20.8 Å². The lowest BCUT2D eigenvalue weighted by Crippen LogP contribution is -2.43. The van der Waals surface area contributed by atoms with Gasteiger partial charge < -0.3 is 24.4 Å². The van der Waals surface area contributed by atoms with Gasteiger partial charge in [-0.15, -0.1) is 0 Å². The normalized spacial score (nSPS) is 25.2. The van der Waals surface area contributed by atoms with Crippen molar-refractivity contribution < 1.29 is 34.0 Å². The summed E-state index contributed by atoms with van der Waals surface area (Å²) in [7, 11) is 0. The molecule has 12 nitrogen and oxygen atoms in total. The van der Waals surface area contributed by atoms with Crippen LogP contribution in [0.5, 0.6) is 0 Å². The third-order valence-electron chi connectivity index (χ3n) is 5.94. The molecule has 0 unspecified atom stereocenters. The highest BCUT2D eigenvalue weighted by molar-refractivity contribution is 6.28. The summed E-state index contributed by atoms with van der Waals surface area (Å²) in [6.45, 7) is 6.36. The van der Waals surface area contributed by atoms with E-state index in [4.69, 9.17) is 25.8 Å². The van der Waals surface area contributed by atoms with Gasteiger partial charge in [0.15, 0.2) is 17.7 Å². The van der Waals surface area contributed by atoms with Crippen LogP contribution in [0.25, 0.3) is 11.0 Å². The van der Waals surface area contributed by atoms with Crippen LogP contribution in [-0.2, 0) is 19.0 Å². The summed E-state index contributed by atoms with van der Waals surface area (Å²) >= 11 is 6.27. The SMILES string of the molecule is CC(=O)OC[C@H]1O[C@@H](n2ncc3c(N(C(=O)OC(C)(C)C)C4CCCC4)nc(Cl)nc32)[C@H](O)[C@H]1O. The van der Waals surface area contributed by atoms with E-state index in [2.05, 4.69) is 15.1 Å². The second kappa shape index (κ2) is 9.84. The van der Waals surface area contributed by atoms with Gasteiger partial charge in [0.25, 0.3) is 0 Å². The number of aliphatic hydroxyl groups is 2. The Bertz CT molecular complexity index is 1100. The van der Waals surface area contributed by atoms with Crippen LogP contribution >= 0.6 is 11.6 Å². The zero-order chi connectivity index (χ0) is 25.5. The highest BCUT2D eigenvalue weighted by atomic mass is 35.5. The lowest BCUT2D eigenvalue weighted by Gasteiger charge is -2.31. The number of aliphatic hydroxyl groups excluding tert-OH is 2. The summed E-state index contributed by atoms with van der Waals surface area (Å²) < 4.78 is 17.6. The molecular formula is C22H30ClN5O7. The monoisotopic (exact) mass is 511 g/mol. The number of carbonyl (C=O) groups is 2. The highest BCUT2D eigenvalue weighted by Gasteiger charge is 2.45. The van der Waals surface area contributed by atoms with E-state index >= 15 is 0 Å². The molecule has 192 valence electrons. The van der Waals surface area contributed by atoms with Gasteiger partial charge in [0.1, 0.15) is 30.5 Å². The number of fused-ring (bicyclic) bond motifs is 1. The molecule has 0 aromatic carbocycles. The Kier molecular flexibility index (Phi) is 7.18. The fraction of sp³-hybridized carbons (Fsp3) is 0.682. The molecular weight excluding hydrogens is 482 g/mol. The molecule has 35 heavy (non-hydrogen) atoms. The zero-order valence-corrected chi connectivity index (χ0v) is 20.8. The molecule has 2 aromatic rings. The number of hydrogen-bond donors (Lipinski definition) is 2. The Balaban J connectivity index is 1.73. The van der Waals surface area contributed by atoms with Crippen LogP contribution in [0.15, 0.2) is 6.20 Å². The zero-order valence-electron chi connectivity index (χ0n) is 20.0. The maximum absolute atomic E-state index is 13.3. The van der Waals surface area contributed by atoms with Crippen molar-refractivity contribution >= 4 is 40.5 Å². The number of rotatable bonds is 5. The number of amides is 1. The van der Waals surface area contributed by atoms with Crippen LogP contribution in [0.3, 0.4) is 0 Å². The Hall–Kier alpha value is -2.54. The minimum atomic E-state index is -1.38. The van der Waals surface area contributed by atoms with E-state index in [1.165, 1.54) is 22.7 Å². The van der Waals surface area contributed by atoms with Crippen LogP contribution in [0.4, 0.5) is 10.6 Å². The fourth-order valence-electron chi connectivity index (χ4n) is 4.41. The van der Waals surface area contributed by atoms with E-state index in [-0.39, 0.29) is 29.4 Å². The van der Waals surface area contributed by atoms with Crippen molar-refractivity contribution in [2.24, 2.45) is 0 Å². The number of anilines is 1.